The number of benzene rings is 2. The quantitative estimate of drug-likeness (QED) is 0.614. The maximum atomic E-state index is 14.0. The number of carbonyl (C=O) groups is 2. The van der Waals surface area contributed by atoms with Gasteiger partial charge in [0.15, 0.2) is 0 Å². The molecule has 1 aliphatic heterocycles. The first-order valence-electron chi connectivity index (χ1n) is 10.4. The molecule has 164 valence electrons. The zero-order chi connectivity index (χ0) is 22.8. The van der Waals surface area contributed by atoms with Crippen LogP contribution in [0.4, 0.5) is 4.39 Å². The van der Waals surface area contributed by atoms with E-state index < -0.39 is 11.7 Å². The van der Waals surface area contributed by atoms with Crippen LogP contribution in [0.25, 0.3) is 0 Å². The molecule has 3 aromatic rings. The molecule has 0 saturated carbocycles. The van der Waals surface area contributed by atoms with Crippen LogP contribution in [0.1, 0.15) is 39.6 Å². The number of nitrogens with zero attached hydrogens (tertiary/aromatic N) is 4. The van der Waals surface area contributed by atoms with Crippen molar-refractivity contribution in [1.29, 1.82) is 0 Å². The van der Waals surface area contributed by atoms with Crippen molar-refractivity contribution in [3.63, 3.8) is 0 Å². The van der Waals surface area contributed by atoms with Crippen molar-refractivity contribution in [2.45, 2.75) is 19.4 Å². The monoisotopic (exact) mass is 432 g/mol. The molecule has 2 aromatic carbocycles. The van der Waals surface area contributed by atoms with Crippen molar-refractivity contribution < 1.29 is 14.0 Å². The number of likely N-dealkylation sites (N-methyl/N-ethyl adjacent to an activating group) is 1. The van der Waals surface area contributed by atoms with Gasteiger partial charge in [-0.15, -0.1) is 0 Å². The highest BCUT2D eigenvalue weighted by atomic mass is 19.1. The molecule has 4 rings (SSSR count). The summed E-state index contributed by atoms with van der Waals surface area (Å²) in [5, 5.41) is 6.10. The highest BCUT2D eigenvalue weighted by molar-refractivity contribution is 6.02. The number of aryl methyl sites for hydroxylation is 2. The van der Waals surface area contributed by atoms with Crippen LogP contribution in [0.3, 0.4) is 0 Å². The summed E-state index contributed by atoms with van der Waals surface area (Å²) in [5.74, 6) is -1.49. The van der Waals surface area contributed by atoms with Crippen molar-refractivity contribution in [2.75, 3.05) is 13.6 Å². The van der Waals surface area contributed by atoms with Gasteiger partial charge in [0.05, 0.1) is 23.0 Å². The van der Waals surface area contributed by atoms with Gasteiger partial charge in [0.25, 0.3) is 11.8 Å². The third-order valence-electron chi connectivity index (χ3n) is 5.69. The molecular weight excluding hydrogens is 407 g/mol. The zero-order valence-electron chi connectivity index (χ0n) is 18.3. The van der Waals surface area contributed by atoms with Crippen LogP contribution in [0, 0.1) is 12.7 Å². The first kappa shape index (κ1) is 21.5. The molecule has 2 amide bonds. The van der Waals surface area contributed by atoms with Gasteiger partial charge in [-0.25, -0.2) is 9.40 Å². The number of amides is 2. The summed E-state index contributed by atoms with van der Waals surface area (Å²) >= 11 is 0. The predicted octanol–water partition coefficient (Wildman–Crippen LogP) is 3.92. The second-order valence-electron chi connectivity index (χ2n) is 8.06. The molecule has 0 spiro atoms. The molecule has 6 nitrogen and oxygen atoms in total. The van der Waals surface area contributed by atoms with Gasteiger partial charge in [-0.1, -0.05) is 42.0 Å². The molecule has 0 fully saturated rings. The molecule has 0 radical (unpaired) electrons. The van der Waals surface area contributed by atoms with Crippen LogP contribution < -0.4 is 0 Å². The van der Waals surface area contributed by atoms with E-state index in [0.29, 0.717) is 6.42 Å². The smallest absolute Gasteiger partial charge is 0.262 e. The molecule has 0 aliphatic carbocycles. The van der Waals surface area contributed by atoms with Crippen molar-refractivity contribution in [2.24, 2.45) is 12.1 Å². The first-order valence-corrected chi connectivity index (χ1v) is 10.4. The Bertz CT molecular complexity index is 1180. The van der Waals surface area contributed by atoms with Gasteiger partial charge in [-0.2, -0.15) is 5.10 Å². The Morgan fingerprint density at radius 1 is 1.09 bits per heavy atom. The molecule has 1 atom stereocenters. The number of aromatic nitrogens is 1. The molecule has 2 heterocycles. The maximum absolute atomic E-state index is 14.0. The van der Waals surface area contributed by atoms with E-state index >= 15 is 0 Å². The Hall–Kier alpha value is -3.74. The van der Waals surface area contributed by atoms with Gasteiger partial charge in [0.1, 0.15) is 12.4 Å². The summed E-state index contributed by atoms with van der Waals surface area (Å²) in [6.45, 7) is 1.80. The fraction of sp³-hybridized carbons (Fsp3) is 0.240. The van der Waals surface area contributed by atoms with Crippen LogP contribution in [0.2, 0.25) is 0 Å². The lowest BCUT2D eigenvalue weighted by atomic mass is 9.99. The second-order valence-corrected chi connectivity index (χ2v) is 8.06. The minimum absolute atomic E-state index is 0.0627. The van der Waals surface area contributed by atoms with Crippen LogP contribution in [0.15, 0.2) is 72.0 Å². The van der Waals surface area contributed by atoms with E-state index in [1.54, 1.807) is 6.07 Å². The maximum Gasteiger partial charge on any atom is 0.262 e. The van der Waals surface area contributed by atoms with E-state index in [-0.39, 0.29) is 24.1 Å². The summed E-state index contributed by atoms with van der Waals surface area (Å²) in [6, 6.07) is 17.4. The lowest BCUT2D eigenvalue weighted by molar-refractivity contribution is -0.133. The Morgan fingerprint density at radius 2 is 1.81 bits per heavy atom. The molecule has 7 heteroatoms. The Balaban J connectivity index is 1.59. The van der Waals surface area contributed by atoms with E-state index in [1.165, 1.54) is 35.2 Å². The molecule has 0 unspecified atom stereocenters. The first-order chi connectivity index (χ1) is 15.3. The number of hydrogen-bond acceptors (Lipinski definition) is 3. The second kappa shape index (κ2) is 8.78. The average molecular weight is 432 g/mol. The highest BCUT2D eigenvalue weighted by Gasteiger charge is 2.34. The molecule has 1 aromatic heterocycles. The Labute approximate surface area is 186 Å². The van der Waals surface area contributed by atoms with Crippen LogP contribution in [-0.2, 0) is 11.8 Å². The molecular formula is C25H25FN4O2. The number of rotatable bonds is 5. The number of halogens is 1. The fourth-order valence-electron chi connectivity index (χ4n) is 3.89. The van der Waals surface area contributed by atoms with Crippen LogP contribution >= 0.6 is 0 Å². The standard InChI is InChI=1S/C25H25FN4O2/c1-17-10-12-18(13-11-17)23-15-21(22-9-6-14-28(22)2)27-30(23)24(31)16-29(3)25(32)19-7-4-5-8-20(19)26/h4-14,23H,15-16H2,1-3H3/t23-/m0/s1. The fourth-order valence-corrected chi connectivity index (χ4v) is 3.89. The van der Waals surface area contributed by atoms with E-state index in [9.17, 15) is 14.0 Å². The van der Waals surface area contributed by atoms with Crippen molar-refractivity contribution >= 4 is 17.5 Å². The lowest BCUT2D eigenvalue weighted by Crippen LogP contribution is -2.39. The van der Waals surface area contributed by atoms with Gasteiger partial charge >= 0.3 is 0 Å². The summed E-state index contributed by atoms with van der Waals surface area (Å²) < 4.78 is 16.0. The van der Waals surface area contributed by atoms with Crippen LogP contribution in [-0.4, -0.2) is 45.6 Å². The third-order valence-corrected chi connectivity index (χ3v) is 5.69. The van der Waals surface area contributed by atoms with Gasteiger partial charge in [-0.3, -0.25) is 9.59 Å². The molecule has 0 bridgehead atoms. The van der Waals surface area contributed by atoms with Crippen LogP contribution in [0.5, 0.6) is 0 Å². The summed E-state index contributed by atoms with van der Waals surface area (Å²) in [4.78, 5) is 27.2. The normalized spacial score (nSPS) is 15.6. The van der Waals surface area contributed by atoms with E-state index in [1.807, 2.05) is 61.1 Å². The summed E-state index contributed by atoms with van der Waals surface area (Å²) in [5.41, 5.74) is 3.78. The molecule has 32 heavy (non-hydrogen) atoms. The van der Waals surface area contributed by atoms with Crippen molar-refractivity contribution in [3.05, 3.63) is 95.1 Å². The van der Waals surface area contributed by atoms with E-state index in [4.69, 9.17) is 0 Å². The van der Waals surface area contributed by atoms with Gasteiger partial charge in [0, 0.05) is 26.7 Å². The number of hydrogen-bond donors (Lipinski definition) is 0. The highest BCUT2D eigenvalue weighted by Crippen LogP contribution is 2.33. The minimum atomic E-state index is -0.612. The predicted molar refractivity (Wildman–Crippen MR) is 121 cm³/mol. The Morgan fingerprint density at radius 3 is 2.47 bits per heavy atom. The SMILES string of the molecule is Cc1ccc([C@@H]2CC(c3cccn3C)=NN2C(=O)CN(C)C(=O)c2ccccc2F)cc1. The summed E-state index contributed by atoms with van der Waals surface area (Å²) in [6.07, 6.45) is 2.50. The zero-order valence-corrected chi connectivity index (χ0v) is 18.3. The third kappa shape index (κ3) is 4.19. The van der Waals surface area contributed by atoms with Gasteiger partial charge < -0.3 is 9.47 Å². The molecule has 0 N–H and O–H groups in total. The van der Waals surface area contributed by atoms with Crippen molar-refractivity contribution in [3.8, 4) is 0 Å². The van der Waals surface area contributed by atoms with E-state index in [0.717, 1.165) is 22.5 Å². The lowest BCUT2D eigenvalue weighted by Gasteiger charge is -2.25. The van der Waals surface area contributed by atoms with Crippen molar-refractivity contribution in [1.82, 2.24) is 14.5 Å². The average Bonchev–Trinajstić information content (AvgIpc) is 3.40. The number of carbonyl (C=O) groups excluding carboxylic acids is 2. The molecule has 1 aliphatic rings. The van der Waals surface area contributed by atoms with E-state index in [2.05, 4.69) is 5.10 Å². The van der Waals surface area contributed by atoms with Gasteiger partial charge in [0.2, 0.25) is 0 Å². The summed E-state index contributed by atoms with van der Waals surface area (Å²) in [7, 11) is 3.43. The topological polar surface area (TPSA) is 57.9 Å². The minimum Gasteiger partial charge on any atom is -0.350 e. The molecule has 0 saturated heterocycles. The largest absolute Gasteiger partial charge is 0.350 e. The number of hydrazone groups is 1. The van der Waals surface area contributed by atoms with Gasteiger partial charge in [-0.05, 0) is 36.8 Å². The Kier molecular flexibility index (Phi) is 5.90.